The third-order valence-electron chi connectivity index (χ3n) is 3.12. The summed E-state index contributed by atoms with van der Waals surface area (Å²) in [5.41, 5.74) is 4.75. The molecule has 0 aromatic carbocycles. The number of nitrogens with zero attached hydrogens (tertiary/aromatic N) is 1. The number of aliphatic hydroxyl groups is 1. The van der Waals surface area contributed by atoms with Crippen LogP contribution >= 0.6 is 0 Å². The number of nitrogens with one attached hydrogen (secondary N) is 1. The van der Waals surface area contributed by atoms with E-state index in [1.807, 2.05) is 20.8 Å². The molecule has 0 heterocycles. The van der Waals surface area contributed by atoms with Crippen LogP contribution in [0.1, 0.15) is 40.0 Å². The summed E-state index contributed by atoms with van der Waals surface area (Å²) in [4.78, 5) is 36.2. The molecule has 0 aromatic rings. The molecule has 0 spiro atoms. The van der Waals surface area contributed by atoms with Crippen LogP contribution < -0.4 is 11.1 Å². The summed E-state index contributed by atoms with van der Waals surface area (Å²) in [6.07, 6.45) is -1.29. The van der Waals surface area contributed by atoms with E-state index in [9.17, 15) is 19.5 Å². The molecular weight excluding hydrogens is 302 g/mol. The van der Waals surface area contributed by atoms with Crippen molar-refractivity contribution in [1.82, 2.24) is 10.2 Å². The van der Waals surface area contributed by atoms with E-state index in [1.165, 1.54) is 4.90 Å². The Hall–Kier alpha value is -1.83. The zero-order valence-corrected chi connectivity index (χ0v) is 14.6. The molecule has 0 aliphatic carbocycles. The van der Waals surface area contributed by atoms with Crippen LogP contribution in [0, 0.1) is 5.41 Å². The molecule has 0 rings (SSSR count). The van der Waals surface area contributed by atoms with Crippen LogP contribution in [0.25, 0.3) is 0 Å². The van der Waals surface area contributed by atoms with Gasteiger partial charge in [-0.2, -0.15) is 0 Å². The number of aliphatic hydroxyl groups excluding tert-OH is 1. The predicted octanol–water partition coefficient (Wildman–Crippen LogP) is 0.232. The van der Waals surface area contributed by atoms with E-state index in [-0.39, 0.29) is 37.2 Å². The molecule has 23 heavy (non-hydrogen) atoms. The van der Waals surface area contributed by atoms with Gasteiger partial charge in [-0.25, -0.2) is 4.79 Å². The Morgan fingerprint density at radius 3 is 2.22 bits per heavy atom. The van der Waals surface area contributed by atoms with Gasteiger partial charge in [-0.15, -0.1) is 0 Å². The van der Waals surface area contributed by atoms with E-state index in [0.717, 1.165) is 0 Å². The summed E-state index contributed by atoms with van der Waals surface area (Å²) < 4.78 is 4.87. The van der Waals surface area contributed by atoms with Crippen molar-refractivity contribution in [3.05, 3.63) is 0 Å². The number of carbonyl (C=O) groups excluding carboxylic acids is 3. The van der Waals surface area contributed by atoms with Crippen LogP contribution in [0.3, 0.4) is 0 Å². The molecule has 0 aliphatic heterocycles. The number of primary amides is 1. The minimum Gasteiger partial charge on any atom is -0.436 e. The van der Waals surface area contributed by atoms with Crippen molar-refractivity contribution in [2.75, 3.05) is 20.7 Å². The minimum atomic E-state index is -1.04. The normalized spacial score (nSPS) is 13.8. The summed E-state index contributed by atoms with van der Waals surface area (Å²) in [5, 5.41) is 11.9. The van der Waals surface area contributed by atoms with Crippen LogP contribution in [0.15, 0.2) is 0 Å². The van der Waals surface area contributed by atoms with Gasteiger partial charge >= 0.3 is 6.09 Å². The van der Waals surface area contributed by atoms with Gasteiger partial charge in [0.25, 0.3) is 5.91 Å². The SMILES string of the molecule is CN(C)C(=O)CCC(CO)NC(=O)C(CC(C)(C)C)OC(N)=O. The molecule has 4 N–H and O–H groups in total. The highest BCUT2D eigenvalue weighted by molar-refractivity contribution is 5.83. The molecule has 134 valence electrons. The smallest absolute Gasteiger partial charge is 0.405 e. The number of hydrogen-bond donors (Lipinski definition) is 3. The Balaban J connectivity index is 4.72. The first-order valence-corrected chi connectivity index (χ1v) is 7.53. The Morgan fingerprint density at radius 2 is 1.83 bits per heavy atom. The largest absolute Gasteiger partial charge is 0.436 e. The predicted molar refractivity (Wildman–Crippen MR) is 85.5 cm³/mol. The summed E-state index contributed by atoms with van der Waals surface area (Å²) in [5.74, 6) is -0.632. The monoisotopic (exact) mass is 331 g/mol. The van der Waals surface area contributed by atoms with Crippen molar-refractivity contribution in [3.8, 4) is 0 Å². The van der Waals surface area contributed by atoms with Crippen LogP contribution in [0.5, 0.6) is 0 Å². The average molecular weight is 331 g/mol. The Bertz CT molecular complexity index is 418. The molecule has 0 saturated heterocycles. The number of rotatable bonds is 8. The highest BCUT2D eigenvalue weighted by atomic mass is 16.6. The zero-order chi connectivity index (χ0) is 18.2. The van der Waals surface area contributed by atoms with Crippen molar-refractivity contribution >= 4 is 17.9 Å². The van der Waals surface area contributed by atoms with Gasteiger partial charge < -0.3 is 25.8 Å². The van der Waals surface area contributed by atoms with Crippen molar-refractivity contribution < 1.29 is 24.2 Å². The molecule has 0 bridgehead atoms. The van der Waals surface area contributed by atoms with Crippen LogP contribution in [0.4, 0.5) is 4.79 Å². The highest BCUT2D eigenvalue weighted by Crippen LogP contribution is 2.22. The fourth-order valence-electron chi connectivity index (χ4n) is 1.91. The lowest BCUT2D eigenvalue weighted by molar-refractivity contribution is -0.133. The summed E-state index contributed by atoms with van der Waals surface area (Å²) in [7, 11) is 3.27. The molecule has 0 aliphatic rings. The number of ether oxygens (including phenoxy) is 1. The van der Waals surface area contributed by atoms with E-state index in [1.54, 1.807) is 14.1 Å². The van der Waals surface area contributed by atoms with Crippen LogP contribution in [-0.2, 0) is 14.3 Å². The van der Waals surface area contributed by atoms with Crippen molar-refractivity contribution in [3.63, 3.8) is 0 Å². The Labute approximate surface area is 137 Å². The number of amides is 3. The summed E-state index contributed by atoms with van der Waals surface area (Å²) in [6, 6.07) is -0.592. The van der Waals surface area contributed by atoms with Gasteiger partial charge in [0, 0.05) is 20.5 Å². The zero-order valence-electron chi connectivity index (χ0n) is 14.6. The molecule has 2 atom stereocenters. The fourth-order valence-corrected chi connectivity index (χ4v) is 1.91. The quantitative estimate of drug-likeness (QED) is 0.588. The second kappa shape index (κ2) is 9.34. The number of nitrogens with two attached hydrogens (primary N) is 1. The maximum atomic E-state index is 12.3. The number of carbonyl (C=O) groups is 3. The van der Waals surface area contributed by atoms with Crippen LogP contribution in [-0.4, -0.2) is 60.8 Å². The molecular formula is C15H29N3O5. The highest BCUT2D eigenvalue weighted by Gasteiger charge is 2.29. The van der Waals surface area contributed by atoms with Gasteiger partial charge in [0.05, 0.1) is 12.6 Å². The summed E-state index contributed by atoms with van der Waals surface area (Å²) in [6.45, 7) is 5.38. The van der Waals surface area contributed by atoms with Gasteiger partial charge in [0.2, 0.25) is 5.91 Å². The van der Waals surface area contributed by atoms with Gasteiger partial charge in [0.15, 0.2) is 6.10 Å². The topological polar surface area (TPSA) is 122 Å². The van der Waals surface area contributed by atoms with Crippen molar-refractivity contribution in [1.29, 1.82) is 0 Å². The Morgan fingerprint density at radius 1 is 1.26 bits per heavy atom. The van der Waals surface area contributed by atoms with E-state index >= 15 is 0 Å². The summed E-state index contributed by atoms with van der Waals surface area (Å²) >= 11 is 0. The van der Waals surface area contributed by atoms with Gasteiger partial charge in [-0.1, -0.05) is 20.8 Å². The molecule has 8 heteroatoms. The first-order chi connectivity index (χ1) is 10.5. The van der Waals surface area contributed by atoms with E-state index in [4.69, 9.17) is 10.5 Å². The van der Waals surface area contributed by atoms with E-state index < -0.39 is 24.1 Å². The van der Waals surface area contributed by atoms with Crippen molar-refractivity contribution in [2.45, 2.75) is 52.2 Å². The maximum absolute atomic E-state index is 12.3. The van der Waals surface area contributed by atoms with Gasteiger partial charge in [-0.05, 0) is 18.3 Å². The molecule has 2 unspecified atom stereocenters. The average Bonchev–Trinajstić information content (AvgIpc) is 2.39. The lowest BCUT2D eigenvalue weighted by atomic mass is 9.89. The second-order valence-corrected chi connectivity index (χ2v) is 6.91. The third-order valence-corrected chi connectivity index (χ3v) is 3.12. The maximum Gasteiger partial charge on any atom is 0.405 e. The standard InChI is InChI=1S/C15H29N3O5/c1-15(2,3)8-11(23-14(16)22)13(21)17-10(9-19)6-7-12(20)18(4)5/h10-11,19H,6-9H2,1-5H3,(H2,16,22)(H,17,21). The van der Waals surface area contributed by atoms with E-state index in [2.05, 4.69) is 5.32 Å². The van der Waals surface area contributed by atoms with Gasteiger partial charge in [0.1, 0.15) is 0 Å². The molecule has 0 aromatic heterocycles. The first kappa shape index (κ1) is 21.2. The van der Waals surface area contributed by atoms with E-state index in [0.29, 0.717) is 0 Å². The lowest BCUT2D eigenvalue weighted by Crippen LogP contribution is -2.46. The fraction of sp³-hybridized carbons (Fsp3) is 0.800. The minimum absolute atomic E-state index is 0.0997. The molecule has 3 amide bonds. The lowest BCUT2D eigenvalue weighted by Gasteiger charge is -2.26. The molecule has 0 saturated carbocycles. The second-order valence-electron chi connectivity index (χ2n) is 6.91. The molecule has 0 fully saturated rings. The third kappa shape index (κ3) is 9.72. The van der Waals surface area contributed by atoms with Crippen molar-refractivity contribution in [2.24, 2.45) is 11.1 Å². The number of hydrogen-bond acceptors (Lipinski definition) is 5. The van der Waals surface area contributed by atoms with Crippen LogP contribution in [0.2, 0.25) is 0 Å². The first-order valence-electron chi connectivity index (χ1n) is 7.53. The molecule has 0 radical (unpaired) electrons. The Kier molecular flexibility index (Phi) is 8.60. The van der Waals surface area contributed by atoms with Gasteiger partial charge in [-0.3, -0.25) is 9.59 Å². The molecule has 8 nitrogen and oxygen atoms in total.